The number of carbonyl (C=O) groups excluding carboxylic acids is 2. The van der Waals surface area contributed by atoms with E-state index in [-0.39, 0.29) is 17.7 Å². The normalized spacial score (nSPS) is 17.0. The Bertz CT molecular complexity index is 835. The third-order valence-electron chi connectivity index (χ3n) is 4.84. The molecule has 1 saturated heterocycles. The molecule has 2 heterocycles. The van der Waals surface area contributed by atoms with E-state index in [1.165, 1.54) is 0 Å². The summed E-state index contributed by atoms with van der Waals surface area (Å²) >= 11 is 6.25. The molecule has 27 heavy (non-hydrogen) atoms. The van der Waals surface area contributed by atoms with Gasteiger partial charge in [-0.25, -0.2) is 4.68 Å². The van der Waals surface area contributed by atoms with Gasteiger partial charge in [-0.1, -0.05) is 23.7 Å². The molecule has 7 nitrogen and oxygen atoms in total. The molecule has 1 aliphatic heterocycles. The Morgan fingerprint density at radius 1 is 1.37 bits per heavy atom. The van der Waals surface area contributed by atoms with Gasteiger partial charge < -0.3 is 16.0 Å². The molecular weight excluding hydrogens is 366 g/mol. The van der Waals surface area contributed by atoms with E-state index in [9.17, 15) is 9.59 Å². The summed E-state index contributed by atoms with van der Waals surface area (Å²) in [6.45, 7) is 3.75. The summed E-state index contributed by atoms with van der Waals surface area (Å²) < 4.78 is 1.67. The maximum absolute atomic E-state index is 13.0. The van der Waals surface area contributed by atoms with Crippen LogP contribution in [0.1, 0.15) is 28.9 Å². The fraction of sp³-hybridized carbons (Fsp3) is 0.421. The van der Waals surface area contributed by atoms with Crippen LogP contribution in [0.25, 0.3) is 5.69 Å². The summed E-state index contributed by atoms with van der Waals surface area (Å²) in [7, 11) is 0. The summed E-state index contributed by atoms with van der Waals surface area (Å²) in [5.41, 5.74) is 7.42. The SMILES string of the molecule is Cc1c(C(=O)N2CCCC(C(=O)NCCN)C2)cnn1-c1ccccc1Cl. The van der Waals surface area contributed by atoms with Crippen molar-refractivity contribution in [3.05, 3.63) is 46.7 Å². The molecule has 0 bridgehead atoms. The molecule has 1 aromatic heterocycles. The van der Waals surface area contributed by atoms with Gasteiger partial charge in [0.05, 0.1) is 34.1 Å². The lowest BCUT2D eigenvalue weighted by atomic mass is 9.96. The lowest BCUT2D eigenvalue weighted by molar-refractivity contribution is -0.126. The molecule has 2 aromatic rings. The van der Waals surface area contributed by atoms with Crippen LogP contribution in [0.2, 0.25) is 5.02 Å². The van der Waals surface area contributed by atoms with Crippen molar-refractivity contribution in [1.29, 1.82) is 0 Å². The molecule has 0 spiro atoms. The van der Waals surface area contributed by atoms with Crippen molar-refractivity contribution in [2.24, 2.45) is 11.7 Å². The van der Waals surface area contributed by atoms with Crippen molar-refractivity contribution < 1.29 is 9.59 Å². The van der Waals surface area contributed by atoms with Gasteiger partial charge in [0.25, 0.3) is 5.91 Å². The van der Waals surface area contributed by atoms with Crippen LogP contribution in [0.5, 0.6) is 0 Å². The largest absolute Gasteiger partial charge is 0.355 e. The van der Waals surface area contributed by atoms with Crippen molar-refractivity contribution in [3.8, 4) is 5.69 Å². The Labute approximate surface area is 163 Å². The van der Waals surface area contributed by atoms with Crippen molar-refractivity contribution in [1.82, 2.24) is 20.0 Å². The zero-order valence-corrected chi connectivity index (χ0v) is 16.1. The smallest absolute Gasteiger partial charge is 0.257 e. The number of likely N-dealkylation sites (tertiary alicyclic amines) is 1. The number of hydrogen-bond donors (Lipinski definition) is 2. The Kier molecular flexibility index (Phi) is 6.13. The Morgan fingerprint density at radius 2 is 2.15 bits per heavy atom. The number of hydrogen-bond acceptors (Lipinski definition) is 4. The average Bonchev–Trinajstić information content (AvgIpc) is 3.07. The number of rotatable bonds is 5. The molecule has 8 heteroatoms. The zero-order valence-electron chi connectivity index (χ0n) is 15.3. The fourth-order valence-electron chi connectivity index (χ4n) is 3.37. The van der Waals surface area contributed by atoms with Crippen molar-refractivity contribution in [2.45, 2.75) is 19.8 Å². The summed E-state index contributed by atoms with van der Waals surface area (Å²) in [5.74, 6) is -0.350. The van der Waals surface area contributed by atoms with E-state index in [2.05, 4.69) is 10.4 Å². The Morgan fingerprint density at radius 3 is 2.89 bits per heavy atom. The molecule has 1 aliphatic rings. The second kappa shape index (κ2) is 8.54. The predicted octanol–water partition coefficient (Wildman–Crippen LogP) is 1.76. The molecule has 2 amide bonds. The molecule has 0 radical (unpaired) electrons. The number of piperidine rings is 1. The van der Waals surface area contributed by atoms with Gasteiger partial charge in [-0.05, 0) is 31.9 Å². The van der Waals surface area contributed by atoms with Crippen LogP contribution in [-0.4, -0.2) is 52.7 Å². The zero-order chi connectivity index (χ0) is 19.4. The van der Waals surface area contributed by atoms with E-state index in [4.69, 9.17) is 17.3 Å². The van der Waals surface area contributed by atoms with Crippen LogP contribution in [0, 0.1) is 12.8 Å². The quantitative estimate of drug-likeness (QED) is 0.814. The van der Waals surface area contributed by atoms with Crippen LogP contribution in [0.15, 0.2) is 30.5 Å². The van der Waals surface area contributed by atoms with Crippen molar-refractivity contribution in [2.75, 3.05) is 26.2 Å². The number of para-hydroxylation sites is 1. The molecule has 0 saturated carbocycles. The van der Waals surface area contributed by atoms with E-state index in [1.54, 1.807) is 21.8 Å². The van der Waals surface area contributed by atoms with Crippen LogP contribution in [-0.2, 0) is 4.79 Å². The standard InChI is InChI=1S/C19H24ClN5O2/c1-13-15(11-23-25(13)17-7-3-2-6-16(17)20)19(27)24-10-4-5-14(12-24)18(26)22-9-8-21/h2-3,6-7,11,14H,4-5,8-10,12,21H2,1H3,(H,22,26). The minimum Gasteiger partial charge on any atom is -0.355 e. The molecule has 0 aliphatic carbocycles. The molecule has 1 unspecified atom stereocenters. The molecule has 3 N–H and O–H groups in total. The summed E-state index contributed by atoms with van der Waals surface area (Å²) in [6, 6.07) is 7.36. The first kappa shape index (κ1) is 19.4. The van der Waals surface area contributed by atoms with Crippen molar-refractivity contribution in [3.63, 3.8) is 0 Å². The molecule has 144 valence electrons. The lowest BCUT2D eigenvalue weighted by Crippen LogP contribution is -2.46. The number of nitrogens with two attached hydrogens (primary N) is 1. The summed E-state index contributed by atoms with van der Waals surface area (Å²) in [4.78, 5) is 27.0. The minimum atomic E-state index is -0.201. The lowest BCUT2D eigenvalue weighted by Gasteiger charge is -2.32. The maximum atomic E-state index is 13.0. The summed E-state index contributed by atoms with van der Waals surface area (Å²) in [6.07, 6.45) is 3.14. The van der Waals surface area contributed by atoms with E-state index < -0.39 is 0 Å². The van der Waals surface area contributed by atoms with Gasteiger partial charge in [-0.3, -0.25) is 9.59 Å². The number of carbonyl (C=O) groups is 2. The van der Waals surface area contributed by atoms with Gasteiger partial charge >= 0.3 is 0 Å². The number of halogens is 1. The van der Waals surface area contributed by atoms with Crippen LogP contribution >= 0.6 is 11.6 Å². The van der Waals surface area contributed by atoms with E-state index in [1.807, 2.05) is 25.1 Å². The highest BCUT2D eigenvalue weighted by atomic mass is 35.5. The molecule has 1 atom stereocenters. The highest BCUT2D eigenvalue weighted by Crippen LogP contribution is 2.24. The fourth-order valence-corrected chi connectivity index (χ4v) is 3.59. The molecular formula is C19H24ClN5O2. The van der Waals surface area contributed by atoms with E-state index in [0.29, 0.717) is 36.8 Å². The first-order chi connectivity index (χ1) is 13.0. The van der Waals surface area contributed by atoms with E-state index >= 15 is 0 Å². The van der Waals surface area contributed by atoms with E-state index in [0.717, 1.165) is 24.2 Å². The Balaban J connectivity index is 1.76. The topological polar surface area (TPSA) is 93.2 Å². The van der Waals surface area contributed by atoms with Gasteiger partial charge in [0.2, 0.25) is 5.91 Å². The minimum absolute atomic E-state index is 0.0403. The van der Waals surface area contributed by atoms with Gasteiger partial charge in [-0.15, -0.1) is 0 Å². The first-order valence-electron chi connectivity index (χ1n) is 9.09. The first-order valence-corrected chi connectivity index (χ1v) is 9.47. The summed E-state index contributed by atoms with van der Waals surface area (Å²) in [5, 5.41) is 7.73. The highest BCUT2D eigenvalue weighted by Gasteiger charge is 2.30. The monoisotopic (exact) mass is 389 g/mol. The number of amides is 2. The molecule has 1 fully saturated rings. The number of nitrogens with zero attached hydrogens (tertiary/aromatic N) is 3. The molecule has 3 rings (SSSR count). The van der Waals surface area contributed by atoms with Gasteiger partial charge in [0.15, 0.2) is 0 Å². The maximum Gasteiger partial charge on any atom is 0.257 e. The Hall–Kier alpha value is -2.38. The average molecular weight is 390 g/mol. The molecule has 1 aromatic carbocycles. The third kappa shape index (κ3) is 4.14. The number of aromatic nitrogens is 2. The number of nitrogens with one attached hydrogen (secondary N) is 1. The predicted molar refractivity (Wildman–Crippen MR) is 104 cm³/mol. The van der Waals surface area contributed by atoms with Crippen LogP contribution < -0.4 is 11.1 Å². The van der Waals surface area contributed by atoms with Gasteiger partial charge in [-0.2, -0.15) is 5.10 Å². The van der Waals surface area contributed by atoms with Crippen LogP contribution in [0.3, 0.4) is 0 Å². The van der Waals surface area contributed by atoms with Gasteiger partial charge in [0, 0.05) is 26.2 Å². The second-order valence-corrected chi connectivity index (χ2v) is 7.08. The van der Waals surface area contributed by atoms with Gasteiger partial charge in [0.1, 0.15) is 0 Å². The second-order valence-electron chi connectivity index (χ2n) is 6.68. The third-order valence-corrected chi connectivity index (χ3v) is 5.16. The highest BCUT2D eigenvalue weighted by molar-refractivity contribution is 6.32. The number of benzene rings is 1. The van der Waals surface area contributed by atoms with Crippen molar-refractivity contribution >= 4 is 23.4 Å². The van der Waals surface area contributed by atoms with Crippen LogP contribution in [0.4, 0.5) is 0 Å².